The lowest BCUT2D eigenvalue weighted by atomic mass is 10.6. The molecule has 2 rings (SSSR count). The van der Waals surface area contributed by atoms with Crippen LogP contribution in [0, 0.1) is 0 Å². The zero-order valence-electron chi connectivity index (χ0n) is 7.39. The monoisotopic (exact) mass is 332 g/mol. The summed E-state index contributed by atoms with van der Waals surface area (Å²) in [4.78, 5) is 10.2. The summed E-state index contributed by atoms with van der Waals surface area (Å²) in [6, 6.07) is 2.99. The van der Waals surface area contributed by atoms with E-state index in [2.05, 4.69) is 52.3 Å². The minimum Gasteiger partial charge on any atom is -0.268 e. The van der Waals surface area contributed by atoms with Crippen LogP contribution in [0.25, 0.3) is 0 Å². The molecule has 0 amide bonds. The van der Waals surface area contributed by atoms with Gasteiger partial charge in [-0.15, -0.1) is 0 Å². The van der Waals surface area contributed by atoms with Crippen LogP contribution in [0.3, 0.4) is 0 Å². The van der Waals surface area contributed by atoms with E-state index in [4.69, 9.17) is 0 Å². The molecule has 7 heteroatoms. The Hall–Kier alpha value is -1.08. The third kappa shape index (κ3) is 4.80. The summed E-state index contributed by atoms with van der Waals surface area (Å²) in [5, 5.41) is 12.9. The van der Waals surface area contributed by atoms with E-state index in [1.807, 2.05) is 0 Å². The van der Waals surface area contributed by atoms with E-state index in [9.17, 15) is 4.79 Å². The maximum Gasteiger partial charge on any atom is 0.264 e. The number of aromatic amines is 1. The molecule has 0 spiro atoms. The van der Waals surface area contributed by atoms with E-state index in [0.717, 1.165) is 8.95 Å². The SMILES string of the molecule is Brc1cnncc1Br.O=c1cccn[nH]1. The van der Waals surface area contributed by atoms with Crippen LogP contribution in [-0.4, -0.2) is 20.4 Å². The number of rotatable bonds is 0. The van der Waals surface area contributed by atoms with E-state index in [1.54, 1.807) is 18.5 Å². The van der Waals surface area contributed by atoms with Crippen LogP contribution in [0.5, 0.6) is 0 Å². The third-order valence-corrected chi connectivity index (χ3v) is 3.02. The Bertz CT molecular complexity index is 435. The molecule has 0 bridgehead atoms. The van der Waals surface area contributed by atoms with E-state index >= 15 is 0 Å². The quantitative estimate of drug-likeness (QED) is 0.797. The molecule has 0 aliphatic heterocycles. The Morgan fingerprint density at radius 1 is 1.13 bits per heavy atom. The van der Waals surface area contributed by atoms with E-state index in [0.29, 0.717) is 0 Å². The van der Waals surface area contributed by atoms with Crippen molar-refractivity contribution in [1.82, 2.24) is 20.4 Å². The Balaban J connectivity index is 0.000000151. The smallest absolute Gasteiger partial charge is 0.264 e. The Morgan fingerprint density at radius 3 is 2.00 bits per heavy atom. The Kier molecular flexibility index (Phi) is 5.13. The van der Waals surface area contributed by atoms with Gasteiger partial charge in [-0.05, 0) is 37.9 Å². The van der Waals surface area contributed by atoms with Crippen LogP contribution >= 0.6 is 31.9 Å². The number of aromatic nitrogens is 4. The molecule has 0 saturated carbocycles. The molecular weight excluding hydrogens is 328 g/mol. The normalized spacial score (nSPS) is 8.93. The highest BCUT2D eigenvalue weighted by molar-refractivity contribution is 9.13. The first-order chi connectivity index (χ1) is 7.20. The topological polar surface area (TPSA) is 71.5 Å². The molecule has 78 valence electrons. The zero-order chi connectivity index (χ0) is 11.1. The molecule has 0 fully saturated rings. The van der Waals surface area contributed by atoms with Crippen molar-refractivity contribution in [2.45, 2.75) is 0 Å². The predicted octanol–water partition coefficient (Wildman–Crippen LogP) is 1.77. The fourth-order valence-corrected chi connectivity index (χ4v) is 0.991. The van der Waals surface area contributed by atoms with E-state index < -0.39 is 0 Å². The minimum absolute atomic E-state index is 0.164. The lowest BCUT2D eigenvalue weighted by molar-refractivity contribution is 0.988. The maximum absolute atomic E-state index is 10.2. The second-order valence-electron chi connectivity index (χ2n) is 2.30. The van der Waals surface area contributed by atoms with Crippen molar-refractivity contribution in [3.8, 4) is 0 Å². The van der Waals surface area contributed by atoms with Crippen LogP contribution in [0.1, 0.15) is 0 Å². The summed E-state index contributed by atoms with van der Waals surface area (Å²) in [6.07, 6.45) is 4.77. The van der Waals surface area contributed by atoms with Crippen LogP contribution in [0.15, 0.2) is 44.5 Å². The maximum atomic E-state index is 10.2. The van der Waals surface area contributed by atoms with Crippen molar-refractivity contribution >= 4 is 31.9 Å². The number of H-pyrrole nitrogens is 1. The fraction of sp³-hybridized carbons (Fsp3) is 0. The first-order valence-electron chi connectivity index (χ1n) is 3.81. The highest BCUT2D eigenvalue weighted by Gasteiger charge is 1.90. The zero-order valence-corrected chi connectivity index (χ0v) is 10.6. The van der Waals surface area contributed by atoms with Crippen molar-refractivity contribution in [1.29, 1.82) is 0 Å². The van der Waals surface area contributed by atoms with Crippen molar-refractivity contribution in [2.24, 2.45) is 0 Å². The van der Waals surface area contributed by atoms with Gasteiger partial charge in [0.25, 0.3) is 5.56 Å². The molecule has 0 atom stereocenters. The van der Waals surface area contributed by atoms with Gasteiger partial charge in [-0.1, -0.05) is 0 Å². The molecule has 2 aromatic heterocycles. The van der Waals surface area contributed by atoms with Gasteiger partial charge >= 0.3 is 0 Å². The first kappa shape index (κ1) is 12.0. The average molecular weight is 334 g/mol. The molecule has 5 nitrogen and oxygen atoms in total. The molecule has 1 N–H and O–H groups in total. The van der Waals surface area contributed by atoms with Gasteiger partial charge in [-0.25, -0.2) is 5.10 Å². The van der Waals surface area contributed by atoms with Gasteiger partial charge in [0.05, 0.1) is 21.3 Å². The van der Waals surface area contributed by atoms with Crippen molar-refractivity contribution < 1.29 is 0 Å². The van der Waals surface area contributed by atoms with E-state index in [1.165, 1.54) is 12.3 Å². The van der Waals surface area contributed by atoms with Gasteiger partial charge < -0.3 is 0 Å². The highest BCUT2D eigenvalue weighted by atomic mass is 79.9. The van der Waals surface area contributed by atoms with Crippen molar-refractivity contribution in [2.75, 3.05) is 0 Å². The second-order valence-corrected chi connectivity index (χ2v) is 4.01. The molecule has 0 unspecified atom stereocenters. The minimum atomic E-state index is -0.164. The van der Waals surface area contributed by atoms with Gasteiger partial charge in [0.15, 0.2) is 0 Å². The van der Waals surface area contributed by atoms with Crippen LogP contribution in [0.4, 0.5) is 0 Å². The number of hydrogen-bond donors (Lipinski definition) is 1. The number of nitrogens with one attached hydrogen (secondary N) is 1. The van der Waals surface area contributed by atoms with Crippen LogP contribution in [0.2, 0.25) is 0 Å². The Labute approximate surface area is 102 Å². The average Bonchev–Trinajstić information content (AvgIpc) is 2.25. The van der Waals surface area contributed by atoms with Crippen molar-refractivity contribution in [3.63, 3.8) is 0 Å². The summed E-state index contributed by atoms with van der Waals surface area (Å²) in [5.41, 5.74) is -0.164. The lowest BCUT2D eigenvalue weighted by Gasteiger charge is -1.87. The molecule has 0 aromatic carbocycles. The molecule has 15 heavy (non-hydrogen) atoms. The standard InChI is InChI=1S/C4H2Br2N2.C4H4N2O/c5-3-1-7-8-2-4(3)6;7-4-2-1-3-5-6-4/h1-2H;1-3H,(H,6,7). The van der Waals surface area contributed by atoms with Gasteiger partial charge in [0, 0.05) is 12.3 Å². The second kappa shape index (κ2) is 6.41. The summed E-state index contributed by atoms with van der Waals surface area (Å²) >= 11 is 6.49. The fourth-order valence-electron chi connectivity index (χ4n) is 0.603. The summed E-state index contributed by atoms with van der Waals surface area (Å²) in [7, 11) is 0. The molecule has 0 aliphatic rings. The third-order valence-electron chi connectivity index (χ3n) is 1.22. The van der Waals surface area contributed by atoms with Gasteiger partial charge in [-0.2, -0.15) is 15.3 Å². The highest BCUT2D eigenvalue weighted by Crippen LogP contribution is 2.18. The molecule has 0 aliphatic carbocycles. The molecule has 0 saturated heterocycles. The van der Waals surface area contributed by atoms with Crippen LogP contribution < -0.4 is 5.56 Å². The van der Waals surface area contributed by atoms with Gasteiger partial charge in [-0.3, -0.25) is 4.79 Å². The molecule has 0 radical (unpaired) electrons. The largest absolute Gasteiger partial charge is 0.268 e. The van der Waals surface area contributed by atoms with Crippen molar-refractivity contribution in [3.05, 3.63) is 50.0 Å². The molecular formula is C8H6Br2N4O. The van der Waals surface area contributed by atoms with Gasteiger partial charge in [0.1, 0.15) is 0 Å². The predicted molar refractivity (Wildman–Crippen MR) is 62.3 cm³/mol. The van der Waals surface area contributed by atoms with Crippen LogP contribution in [-0.2, 0) is 0 Å². The Morgan fingerprint density at radius 2 is 1.73 bits per heavy atom. The summed E-state index contributed by atoms with van der Waals surface area (Å²) < 4.78 is 1.85. The molecule has 2 aromatic rings. The number of nitrogens with zero attached hydrogens (tertiary/aromatic N) is 3. The van der Waals surface area contributed by atoms with Gasteiger partial charge in [0.2, 0.25) is 0 Å². The first-order valence-corrected chi connectivity index (χ1v) is 5.40. The number of halogens is 2. The number of hydrogen-bond acceptors (Lipinski definition) is 4. The van der Waals surface area contributed by atoms with E-state index in [-0.39, 0.29) is 5.56 Å². The molecule has 2 heterocycles. The summed E-state index contributed by atoms with van der Waals surface area (Å²) in [5.74, 6) is 0. The summed E-state index contributed by atoms with van der Waals surface area (Å²) in [6.45, 7) is 0. The lowest BCUT2D eigenvalue weighted by Crippen LogP contribution is -2.02.